The third-order valence-electron chi connectivity index (χ3n) is 15.6. The molecule has 0 saturated carbocycles. The van der Waals surface area contributed by atoms with E-state index in [1.807, 2.05) is 18.2 Å². The molecule has 69 heavy (non-hydrogen) atoms. The lowest BCUT2D eigenvalue weighted by Crippen LogP contribution is -2.40. The Balaban J connectivity index is 1.10. The third kappa shape index (κ3) is 5.49. The molecule has 1 aliphatic heterocycles. The van der Waals surface area contributed by atoms with Gasteiger partial charge in [-0.15, -0.1) is 0 Å². The zero-order valence-corrected chi connectivity index (χ0v) is 39.3. The SMILES string of the molecule is CC(C)(C)c1cc2c3c(c1)C1(c4ccccc4C(C)(C)c4ccccc41)c1ccc4c5ccccc5n(c4c1-3)-c1ccc(-c3nc(-c4ccccc4)nc(-c4cccc(-c5ccccc5)c4)n3)cc1-2. The van der Waals surface area contributed by atoms with Gasteiger partial charge in [-0.05, 0) is 103 Å². The molecule has 9 aromatic carbocycles. The highest BCUT2D eigenvalue weighted by Gasteiger charge is 2.55. The van der Waals surface area contributed by atoms with E-state index in [1.54, 1.807) is 0 Å². The van der Waals surface area contributed by atoms with Gasteiger partial charge in [-0.3, -0.25) is 0 Å². The maximum absolute atomic E-state index is 5.37. The molecule has 0 amide bonds. The number of hydrogen-bond donors (Lipinski definition) is 0. The summed E-state index contributed by atoms with van der Waals surface area (Å²) >= 11 is 0. The van der Waals surface area contributed by atoms with E-state index in [0.717, 1.165) is 39.1 Å². The second kappa shape index (κ2) is 14.2. The molecule has 1 spiro atoms. The zero-order chi connectivity index (χ0) is 46.4. The first-order valence-electron chi connectivity index (χ1n) is 24.2. The molecule has 0 N–H and O–H groups in total. The topological polar surface area (TPSA) is 43.6 Å². The maximum atomic E-state index is 5.37. The van der Waals surface area contributed by atoms with Crippen LogP contribution < -0.4 is 0 Å². The Morgan fingerprint density at radius 1 is 0.391 bits per heavy atom. The Kier molecular flexibility index (Phi) is 8.19. The number of hydrogen-bond acceptors (Lipinski definition) is 3. The van der Waals surface area contributed by atoms with Crippen LogP contribution in [0.3, 0.4) is 0 Å². The molecule has 0 atom stereocenters. The minimum Gasteiger partial charge on any atom is -0.308 e. The Morgan fingerprint density at radius 3 is 1.64 bits per heavy atom. The summed E-state index contributed by atoms with van der Waals surface area (Å²) in [5, 5.41) is 2.51. The van der Waals surface area contributed by atoms with E-state index in [1.165, 1.54) is 77.4 Å². The standard InChI is InChI=1S/C65H48N4/c1-63(2,3)44-37-48-47-36-43(62-67-60(40-21-10-7-11-22-40)66-61(68-62)42-24-18-23-41(35-42)39-19-8-6-9-20-39)31-34-56(47)69-55-30-17-12-25-45(55)46-32-33-53-58(59(46)69)57(48)54(38-44)65(53)51-28-15-13-26-49(51)64(4,5)50-27-14-16-29-52(50)65/h6-38H,1-5H3. The number of aromatic nitrogens is 4. The van der Waals surface area contributed by atoms with E-state index >= 15 is 0 Å². The highest BCUT2D eigenvalue weighted by atomic mass is 15.0. The monoisotopic (exact) mass is 884 g/mol. The van der Waals surface area contributed by atoms with Gasteiger partial charge in [0, 0.05) is 44.0 Å². The van der Waals surface area contributed by atoms with E-state index in [9.17, 15) is 0 Å². The van der Waals surface area contributed by atoms with Crippen LogP contribution >= 0.6 is 0 Å². The zero-order valence-electron chi connectivity index (χ0n) is 39.3. The fraction of sp³-hybridized carbons (Fsp3) is 0.123. The Morgan fingerprint density at radius 2 is 0.957 bits per heavy atom. The Hall–Kier alpha value is -8.21. The van der Waals surface area contributed by atoms with Gasteiger partial charge in [0.05, 0.1) is 22.1 Å². The highest BCUT2D eigenvalue weighted by molar-refractivity contribution is 6.19. The van der Waals surface area contributed by atoms with Crippen molar-refractivity contribution in [2.75, 3.05) is 0 Å². The van der Waals surface area contributed by atoms with Crippen LogP contribution in [-0.4, -0.2) is 19.5 Å². The van der Waals surface area contributed by atoms with E-state index < -0.39 is 5.41 Å². The van der Waals surface area contributed by atoms with Crippen LogP contribution in [0, 0.1) is 0 Å². The summed E-state index contributed by atoms with van der Waals surface area (Å²) < 4.78 is 2.57. The first kappa shape index (κ1) is 39.9. The average Bonchev–Trinajstić information content (AvgIpc) is 3.84. The summed E-state index contributed by atoms with van der Waals surface area (Å²) in [6.07, 6.45) is 0. The quantitative estimate of drug-likeness (QED) is 0.177. The van der Waals surface area contributed by atoms with Gasteiger partial charge in [-0.2, -0.15) is 0 Å². The van der Waals surface area contributed by atoms with Gasteiger partial charge in [0.2, 0.25) is 0 Å². The van der Waals surface area contributed by atoms with Crippen LogP contribution in [0.5, 0.6) is 0 Å². The molecule has 11 aromatic rings. The van der Waals surface area contributed by atoms with Crippen LogP contribution in [0.15, 0.2) is 200 Å². The fourth-order valence-electron chi connectivity index (χ4n) is 12.4. The van der Waals surface area contributed by atoms with Gasteiger partial charge < -0.3 is 4.57 Å². The Labute approximate surface area is 402 Å². The van der Waals surface area contributed by atoms with Gasteiger partial charge in [0.1, 0.15) is 0 Å². The molecule has 3 heterocycles. The van der Waals surface area contributed by atoms with Gasteiger partial charge in [-0.25, -0.2) is 15.0 Å². The second-order valence-electron chi connectivity index (χ2n) is 20.8. The number of fused-ring (bicyclic) bond motifs is 12. The van der Waals surface area contributed by atoms with Crippen molar-refractivity contribution < 1.29 is 0 Å². The molecular formula is C65H48N4. The van der Waals surface area contributed by atoms with E-state index in [0.29, 0.717) is 17.5 Å². The minimum absolute atomic E-state index is 0.155. The van der Waals surface area contributed by atoms with Crippen molar-refractivity contribution in [2.24, 2.45) is 0 Å². The molecule has 0 bridgehead atoms. The largest absolute Gasteiger partial charge is 0.308 e. The number of nitrogens with zero attached hydrogens (tertiary/aromatic N) is 4. The van der Waals surface area contributed by atoms with E-state index in [2.05, 4.69) is 221 Å². The molecule has 4 nitrogen and oxygen atoms in total. The van der Waals surface area contributed by atoms with Crippen molar-refractivity contribution in [3.8, 4) is 73.2 Å². The molecule has 14 rings (SSSR count). The summed E-state index contributed by atoms with van der Waals surface area (Å²) in [4.78, 5) is 15.9. The lowest BCUT2D eigenvalue weighted by atomic mass is 9.55. The van der Waals surface area contributed by atoms with Crippen molar-refractivity contribution in [2.45, 2.75) is 50.9 Å². The predicted octanol–water partition coefficient (Wildman–Crippen LogP) is 15.9. The lowest BCUT2D eigenvalue weighted by Gasteiger charge is -2.47. The van der Waals surface area contributed by atoms with Gasteiger partial charge in [0.25, 0.3) is 0 Å². The normalized spacial score (nSPS) is 14.4. The molecule has 0 saturated heterocycles. The van der Waals surface area contributed by atoms with Crippen molar-refractivity contribution in [1.82, 2.24) is 19.5 Å². The fourth-order valence-corrected chi connectivity index (χ4v) is 12.4. The average molecular weight is 885 g/mol. The first-order valence-corrected chi connectivity index (χ1v) is 24.2. The molecule has 3 aliphatic rings. The third-order valence-corrected chi connectivity index (χ3v) is 15.6. The van der Waals surface area contributed by atoms with Gasteiger partial charge >= 0.3 is 0 Å². The number of benzene rings is 9. The van der Waals surface area contributed by atoms with Crippen molar-refractivity contribution in [3.63, 3.8) is 0 Å². The molecule has 2 aromatic heterocycles. The molecular weight excluding hydrogens is 837 g/mol. The Bertz CT molecular complexity index is 3910. The smallest absolute Gasteiger partial charge is 0.164 e. The van der Waals surface area contributed by atoms with Crippen LogP contribution in [0.25, 0.3) is 95.0 Å². The minimum atomic E-state index is -0.560. The second-order valence-corrected chi connectivity index (χ2v) is 20.8. The van der Waals surface area contributed by atoms with E-state index in [4.69, 9.17) is 15.0 Å². The molecule has 328 valence electrons. The highest BCUT2D eigenvalue weighted by Crippen LogP contribution is 2.66. The predicted molar refractivity (Wildman–Crippen MR) is 283 cm³/mol. The van der Waals surface area contributed by atoms with Crippen LogP contribution in [-0.2, 0) is 16.2 Å². The van der Waals surface area contributed by atoms with Gasteiger partial charge in [-0.1, -0.05) is 198 Å². The summed E-state index contributed by atoms with van der Waals surface area (Å²) in [5.41, 5.74) is 22.3. The van der Waals surface area contributed by atoms with Gasteiger partial charge in [0.15, 0.2) is 17.5 Å². The molecule has 0 unspecified atom stereocenters. The van der Waals surface area contributed by atoms with Crippen molar-refractivity contribution in [1.29, 1.82) is 0 Å². The first-order chi connectivity index (χ1) is 33.6. The summed E-state index contributed by atoms with van der Waals surface area (Å²) in [6.45, 7) is 11.9. The van der Waals surface area contributed by atoms with E-state index in [-0.39, 0.29) is 10.8 Å². The maximum Gasteiger partial charge on any atom is 0.164 e. The molecule has 0 fully saturated rings. The van der Waals surface area contributed by atoms with Crippen LogP contribution in [0.2, 0.25) is 0 Å². The number of rotatable bonds is 4. The molecule has 0 radical (unpaired) electrons. The molecule has 2 aliphatic carbocycles. The van der Waals surface area contributed by atoms with Crippen LogP contribution in [0.4, 0.5) is 0 Å². The molecule has 4 heteroatoms. The summed E-state index contributed by atoms with van der Waals surface area (Å²) in [7, 11) is 0. The lowest BCUT2D eigenvalue weighted by molar-refractivity contribution is 0.559. The summed E-state index contributed by atoms with van der Waals surface area (Å²) in [6, 6.07) is 73.7. The summed E-state index contributed by atoms with van der Waals surface area (Å²) in [5.74, 6) is 1.91. The van der Waals surface area contributed by atoms with Crippen LogP contribution in [0.1, 0.15) is 73.6 Å². The number of para-hydroxylation sites is 1. The van der Waals surface area contributed by atoms with Crippen molar-refractivity contribution in [3.05, 3.63) is 239 Å². The van der Waals surface area contributed by atoms with Crippen molar-refractivity contribution >= 4 is 21.8 Å².